The Morgan fingerprint density at radius 3 is 2.74 bits per heavy atom. The van der Waals surface area contributed by atoms with Gasteiger partial charge in [0.15, 0.2) is 5.16 Å². The van der Waals surface area contributed by atoms with Crippen molar-refractivity contribution in [3.05, 3.63) is 47.3 Å². The fraction of sp³-hybridized carbons (Fsp3) is 0.368. The SMILES string of the molecule is C=CCn1c(=O)c2ccccc2n2c(SCC(=O)NC(CC)CC)nnc12. The van der Waals surface area contributed by atoms with Gasteiger partial charge in [-0.3, -0.25) is 18.6 Å². The van der Waals surface area contributed by atoms with Crippen LogP contribution in [0.1, 0.15) is 26.7 Å². The first-order chi connectivity index (χ1) is 13.1. The van der Waals surface area contributed by atoms with Gasteiger partial charge in [-0.2, -0.15) is 0 Å². The lowest BCUT2D eigenvalue weighted by atomic mass is 10.2. The van der Waals surface area contributed by atoms with Gasteiger partial charge in [0.2, 0.25) is 11.7 Å². The Morgan fingerprint density at radius 2 is 2.04 bits per heavy atom. The molecule has 27 heavy (non-hydrogen) atoms. The van der Waals surface area contributed by atoms with Gasteiger partial charge in [-0.25, -0.2) is 0 Å². The van der Waals surface area contributed by atoms with Gasteiger partial charge < -0.3 is 5.32 Å². The number of nitrogens with one attached hydrogen (secondary N) is 1. The van der Waals surface area contributed by atoms with E-state index in [0.29, 0.717) is 22.9 Å². The Labute approximate surface area is 161 Å². The summed E-state index contributed by atoms with van der Waals surface area (Å²) in [6, 6.07) is 7.53. The number of hydrogen-bond acceptors (Lipinski definition) is 5. The Morgan fingerprint density at radius 1 is 1.30 bits per heavy atom. The number of carbonyl (C=O) groups is 1. The minimum atomic E-state index is -0.131. The van der Waals surface area contributed by atoms with Crippen LogP contribution in [0.3, 0.4) is 0 Å². The predicted octanol–water partition coefficient (Wildman–Crippen LogP) is 2.63. The molecule has 0 bridgehead atoms. The molecule has 0 unspecified atom stereocenters. The van der Waals surface area contributed by atoms with Crippen LogP contribution in [0.15, 0.2) is 46.9 Å². The molecule has 1 aromatic carbocycles. The van der Waals surface area contributed by atoms with Crippen molar-refractivity contribution in [1.82, 2.24) is 24.5 Å². The largest absolute Gasteiger partial charge is 0.353 e. The predicted molar refractivity (Wildman–Crippen MR) is 108 cm³/mol. The van der Waals surface area contributed by atoms with Gasteiger partial charge in [-0.1, -0.05) is 43.8 Å². The number of thioether (sulfide) groups is 1. The van der Waals surface area contributed by atoms with Crippen LogP contribution in [0.4, 0.5) is 0 Å². The Bertz CT molecular complexity index is 1040. The molecule has 0 fully saturated rings. The first-order valence-corrected chi connectivity index (χ1v) is 9.98. The monoisotopic (exact) mass is 385 g/mol. The molecule has 3 rings (SSSR count). The summed E-state index contributed by atoms with van der Waals surface area (Å²) >= 11 is 1.31. The third-order valence-corrected chi connectivity index (χ3v) is 5.40. The number of aromatic nitrogens is 4. The first-order valence-electron chi connectivity index (χ1n) is 9.00. The topological polar surface area (TPSA) is 81.3 Å². The highest BCUT2D eigenvalue weighted by Crippen LogP contribution is 2.21. The number of benzene rings is 1. The van der Waals surface area contributed by atoms with E-state index >= 15 is 0 Å². The molecule has 7 nitrogen and oxygen atoms in total. The second-order valence-electron chi connectivity index (χ2n) is 6.21. The second kappa shape index (κ2) is 8.39. The Kier molecular flexibility index (Phi) is 5.95. The van der Waals surface area contributed by atoms with Crippen molar-refractivity contribution in [3.8, 4) is 0 Å². The van der Waals surface area contributed by atoms with Gasteiger partial charge in [0.1, 0.15) is 0 Å². The van der Waals surface area contributed by atoms with E-state index in [1.807, 2.05) is 22.6 Å². The number of amides is 1. The van der Waals surface area contributed by atoms with Crippen LogP contribution in [-0.4, -0.2) is 36.9 Å². The Hall–Kier alpha value is -2.61. The van der Waals surface area contributed by atoms with Gasteiger partial charge in [0.25, 0.3) is 5.56 Å². The standard InChI is InChI=1S/C19H23N5O2S/c1-4-11-23-17(26)14-9-7-8-10-15(14)24-18(23)21-22-19(24)27-12-16(25)20-13(5-2)6-3/h4,7-10,13H,1,5-6,11-12H2,2-3H3,(H,20,25). The molecule has 3 aromatic rings. The minimum Gasteiger partial charge on any atom is -0.353 e. The lowest BCUT2D eigenvalue weighted by molar-refractivity contribution is -0.119. The molecule has 0 saturated heterocycles. The summed E-state index contributed by atoms with van der Waals surface area (Å²) in [4.78, 5) is 25.0. The van der Waals surface area contributed by atoms with Gasteiger partial charge in [0, 0.05) is 12.6 Å². The highest BCUT2D eigenvalue weighted by molar-refractivity contribution is 7.99. The smallest absolute Gasteiger partial charge is 0.263 e. The maximum atomic E-state index is 12.8. The summed E-state index contributed by atoms with van der Waals surface area (Å²) in [5.74, 6) is 0.655. The van der Waals surface area contributed by atoms with E-state index in [1.165, 1.54) is 16.3 Å². The van der Waals surface area contributed by atoms with Crippen molar-refractivity contribution in [3.63, 3.8) is 0 Å². The van der Waals surface area contributed by atoms with Crippen LogP contribution < -0.4 is 10.9 Å². The molecular formula is C19H23N5O2S. The molecule has 1 amide bonds. The number of fused-ring (bicyclic) bond motifs is 3. The third kappa shape index (κ3) is 3.75. The molecular weight excluding hydrogens is 362 g/mol. The lowest BCUT2D eigenvalue weighted by Crippen LogP contribution is -2.35. The van der Waals surface area contributed by atoms with E-state index < -0.39 is 0 Å². The first kappa shape index (κ1) is 19.2. The molecule has 0 saturated carbocycles. The van der Waals surface area contributed by atoms with Crippen molar-refractivity contribution in [2.24, 2.45) is 0 Å². The quantitative estimate of drug-likeness (QED) is 0.476. The molecule has 142 valence electrons. The van der Waals surface area contributed by atoms with Crippen LogP contribution in [0.25, 0.3) is 16.7 Å². The van der Waals surface area contributed by atoms with E-state index in [9.17, 15) is 9.59 Å². The normalized spacial score (nSPS) is 11.4. The second-order valence-corrected chi connectivity index (χ2v) is 7.15. The number of allylic oxidation sites excluding steroid dienone is 1. The molecule has 0 radical (unpaired) electrons. The average molecular weight is 385 g/mol. The maximum Gasteiger partial charge on any atom is 0.263 e. The molecule has 8 heteroatoms. The van der Waals surface area contributed by atoms with Crippen molar-refractivity contribution < 1.29 is 4.79 Å². The number of carbonyl (C=O) groups excluding carboxylic acids is 1. The van der Waals surface area contributed by atoms with Crippen LogP contribution in [0.2, 0.25) is 0 Å². The number of para-hydroxylation sites is 1. The highest BCUT2D eigenvalue weighted by Gasteiger charge is 2.17. The number of hydrogen-bond donors (Lipinski definition) is 1. The summed E-state index contributed by atoms with van der Waals surface area (Å²) in [7, 11) is 0. The molecule has 1 N–H and O–H groups in total. The van der Waals surface area contributed by atoms with Crippen molar-refractivity contribution in [2.45, 2.75) is 44.4 Å². The van der Waals surface area contributed by atoms with E-state index in [0.717, 1.165) is 18.4 Å². The third-order valence-electron chi connectivity index (χ3n) is 4.47. The van der Waals surface area contributed by atoms with Crippen LogP contribution in [0, 0.1) is 0 Å². The van der Waals surface area contributed by atoms with Gasteiger partial charge in [-0.05, 0) is 25.0 Å². The minimum absolute atomic E-state index is 0.0332. The van der Waals surface area contributed by atoms with Gasteiger partial charge >= 0.3 is 0 Å². The molecule has 0 aliphatic heterocycles. The molecule has 0 aliphatic rings. The van der Waals surface area contributed by atoms with Gasteiger partial charge in [0.05, 0.1) is 16.7 Å². The van der Waals surface area contributed by atoms with E-state index in [2.05, 4.69) is 35.9 Å². The molecule has 2 heterocycles. The van der Waals surface area contributed by atoms with Crippen LogP contribution in [-0.2, 0) is 11.3 Å². The maximum absolute atomic E-state index is 12.8. The van der Waals surface area contributed by atoms with E-state index in [1.54, 1.807) is 12.1 Å². The summed E-state index contributed by atoms with van der Waals surface area (Å²) in [6.45, 7) is 8.17. The average Bonchev–Trinajstić information content (AvgIpc) is 3.11. The zero-order valence-corrected chi connectivity index (χ0v) is 16.3. The molecule has 0 atom stereocenters. The van der Waals surface area contributed by atoms with Crippen LogP contribution >= 0.6 is 11.8 Å². The zero-order valence-electron chi connectivity index (χ0n) is 15.5. The molecule has 2 aromatic heterocycles. The molecule has 0 aliphatic carbocycles. The summed E-state index contributed by atoms with van der Waals surface area (Å²) < 4.78 is 3.37. The highest BCUT2D eigenvalue weighted by atomic mass is 32.2. The molecule has 0 spiro atoms. The fourth-order valence-electron chi connectivity index (χ4n) is 3.01. The van der Waals surface area contributed by atoms with E-state index in [4.69, 9.17) is 0 Å². The van der Waals surface area contributed by atoms with Gasteiger partial charge in [-0.15, -0.1) is 16.8 Å². The van der Waals surface area contributed by atoms with Crippen molar-refractivity contribution >= 4 is 34.3 Å². The van der Waals surface area contributed by atoms with Crippen molar-refractivity contribution in [1.29, 1.82) is 0 Å². The number of nitrogens with zero attached hydrogens (tertiary/aromatic N) is 4. The number of rotatable bonds is 8. The summed E-state index contributed by atoms with van der Waals surface area (Å²) in [6.07, 6.45) is 3.46. The zero-order chi connectivity index (χ0) is 19.4. The summed E-state index contributed by atoms with van der Waals surface area (Å²) in [5, 5.41) is 12.6. The van der Waals surface area contributed by atoms with E-state index in [-0.39, 0.29) is 23.3 Å². The van der Waals surface area contributed by atoms with Crippen LogP contribution in [0.5, 0.6) is 0 Å². The summed E-state index contributed by atoms with van der Waals surface area (Å²) in [5.41, 5.74) is 0.596. The Balaban J connectivity index is 1.99. The lowest BCUT2D eigenvalue weighted by Gasteiger charge is -2.14. The fourth-order valence-corrected chi connectivity index (χ4v) is 3.76. The van der Waals surface area contributed by atoms with Crippen molar-refractivity contribution in [2.75, 3.05) is 5.75 Å².